The van der Waals surface area contributed by atoms with E-state index < -0.39 is 11.6 Å². The summed E-state index contributed by atoms with van der Waals surface area (Å²) in [5, 5.41) is 3.01. The summed E-state index contributed by atoms with van der Waals surface area (Å²) < 4.78 is 6.02. The van der Waals surface area contributed by atoms with Crippen LogP contribution in [0.5, 0.6) is 0 Å². The van der Waals surface area contributed by atoms with Crippen molar-refractivity contribution in [3.05, 3.63) is 23.3 Å². The van der Waals surface area contributed by atoms with Crippen LogP contribution in [0.1, 0.15) is 80.6 Å². The summed E-state index contributed by atoms with van der Waals surface area (Å²) in [6, 6.07) is 0. The third kappa shape index (κ3) is 4.84. The van der Waals surface area contributed by atoms with E-state index in [0.717, 1.165) is 25.7 Å². The minimum atomic E-state index is -0.733. The highest BCUT2D eigenvalue weighted by Gasteiger charge is 2.53. The number of allylic oxidation sites excluding steroid dienone is 4. The first-order valence-electron chi connectivity index (χ1n) is 12.4. The van der Waals surface area contributed by atoms with Crippen LogP contribution in [-0.2, 0) is 14.3 Å². The number of hydrogen-bond acceptors (Lipinski definition) is 3. The molecule has 2 aliphatic carbocycles. The van der Waals surface area contributed by atoms with Gasteiger partial charge in [0.15, 0.2) is 0 Å². The van der Waals surface area contributed by atoms with Crippen LogP contribution in [0.3, 0.4) is 0 Å². The van der Waals surface area contributed by atoms with Gasteiger partial charge in [-0.2, -0.15) is 0 Å². The number of unbranched alkanes of at least 4 members (excludes halogenated alkanes) is 1. The normalized spacial score (nSPS) is 40.9. The summed E-state index contributed by atoms with van der Waals surface area (Å²) in [4.78, 5) is 27.1. The molecule has 4 nitrogen and oxygen atoms in total. The van der Waals surface area contributed by atoms with Gasteiger partial charge in [-0.05, 0) is 70.6 Å². The smallest absolute Gasteiger partial charge is 0.232 e. The lowest BCUT2D eigenvalue weighted by atomic mass is 9.54. The van der Waals surface area contributed by atoms with Crippen LogP contribution < -0.4 is 5.32 Å². The molecule has 0 radical (unpaired) electrons. The molecule has 1 heterocycles. The van der Waals surface area contributed by atoms with E-state index in [1.165, 1.54) is 11.1 Å². The fourth-order valence-corrected chi connectivity index (χ4v) is 6.73. The molecule has 1 amide bonds. The van der Waals surface area contributed by atoms with Gasteiger partial charge in [0, 0.05) is 24.9 Å². The zero-order valence-corrected chi connectivity index (χ0v) is 20.7. The molecule has 3 rings (SSSR count). The predicted molar refractivity (Wildman–Crippen MR) is 125 cm³/mol. The number of ether oxygens (including phenoxy) is 1. The van der Waals surface area contributed by atoms with E-state index in [2.05, 4.69) is 59.0 Å². The SMILES string of the molecule is C/C=C(\C)C1C(C)=CC2CC(C)CC(C)C2C1C(=O)C1CC(C)(OCCCC)NC1=O. The van der Waals surface area contributed by atoms with Gasteiger partial charge < -0.3 is 10.1 Å². The largest absolute Gasteiger partial charge is 0.356 e. The molecule has 174 valence electrons. The Bertz CT molecular complexity index is 754. The number of fused-ring (bicyclic) bond motifs is 1. The van der Waals surface area contributed by atoms with Crippen LogP contribution in [0.25, 0.3) is 0 Å². The number of rotatable bonds is 7. The molecule has 0 spiro atoms. The van der Waals surface area contributed by atoms with Gasteiger partial charge in [0.2, 0.25) is 5.91 Å². The minimum absolute atomic E-state index is 0.107. The third-order valence-corrected chi connectivity index (χ3v) is 8.18. The average Bonchev–Trinajstić information content (AvgIpc) is 3.00. The highest BCUT2D eigenvalue weighted by molar-refractivity contribution is 6.04. The Morgan fingerprint density at radius 2 is 2.03 bits per heavy atom. The molecule has 31 heavy (non-hydrogen) atoms. The molecule has 8 atom stereocenters. The predicted octanol–water partition coefficient (Wildman–Crippen LogP) is 5.68. The molecule has 1 saturated carbocycles. The quantitative estimate of drug-likeness (QED) is 0.322. The molecule has 3 aliphatic rings. The molecule has 0 aromatic rings. The van der Waals surface area contributed by atoms with Crippen molar-refractivity contribution in [2.24, 2.45) is 41.4 Å². The summed E-state index contributed by atoms with van der Waals surface area (Å²) in [7, 11) is 0. The summed E-state index contributed by atoms with van der Waals surface area (Å²) in [6.45, 7) is 15.7. The van der Waals surface area contributed by atoms with Crippen molar-refractivity contribution in [1.82, 2.24) is 5.32 Å². The maximum atomic E-state index is 14.1. The van der Waals surface area contributed by atoms with Crippen LogP contribution in [-0.4, -0.2) is 24.0 Å². The number of carbonyl (C=O) groups excluding carboxylic acids is 2. The number of nitrogens with one attached hydrogen (secondary N) is 1. The van der Waals surface area contributed by atoms with Crippen LogP contribution in [0, 0.1) is 41.4 Å². The van der Waals surface area contributed by atoms with Gasteiger partial charge in [-0.1, -0.05) is 50.5 Å². The molecule has 1 saturated heterocycles. The van der Waals surface area contributed by atoms with Crippen molar-refractivity contribution in [3.63, 3.8) is 0 Å². The van der Waals surface area contributed by atoms with Crippen molar-refractivity contribution < 1.29 is 14.3 Å². The average molecular weight is 430 g/mol. The van der Waals surface area contributed by atoms with Gasteiger partial charge in [-0.3, -0.25) is 9.59 Å². The fourth-order valence-electron chi connectivity index (χ4n) is 6.73. The monoisotopic (exact) mass is 429 g/mol. The molecule has 0 aromatic carbocycles. The molecule has 0 bridgehead atoms. The highest BCUT2D eigenvalue weighted by atomic mass is 16.5. The van der Waals surface area contributed by atoms with Crippen molar-refractivity contribution in [3.8, 4) is 0 Å². The first-order chi connectivity index (χ1) is 14.6. The van der Waals surface area contributed by atoms with Crippen molar-refractivity contribution in [1.29, 1.82) is 0 Å². The second kappa shape index (κ2) is 9.60. The van der Waals surface area contributed by atoms with E-state index in [-0.39, 0.29) is 23.5 Å². The Hall–Kier alpha value is -1.42. The van der Waals surface area contributed by atoms with Gasteiger partial charge >= 0.3 is 0 Å². The van der Waals surface area contributed by atoms with Gasteiger partial charge in [0.05, 0.1) is 0 Å². The van der Waals surface area contributed by atoms with Crippen LogP contribution in [0.4, 0.5) is 0 Å². The van der Waals surface area contributed by atoms with E-state index in [4.69, 9.17) is 4.74 Å². The van der Waals surface area contributed by atoms with Crippen LogP contribution >= 0.6 is 0 Å². The second-order valence-electron chi connectivity index (χ2n) is 10.8. The third-order valence-electron chi connectivity index (χ3n) is 8.18. The van der Waals surface area contributed by atoms with Crippen LogP contribution in [0.15, 0.2) is 23.3 Å². The molecular weight excluding hydrogens is 386 g/mol. The maximum Gasteiger partial charge on any atom is 0.232 e. The van der Waals surface area contributed by atoms with Crippen LogP contribution in [0.2, 0.25) is 0 Å². The topological polar surface area (TPSA) is 55.4 Å². The zero-order valence-electron chi connectivity index (χ0n) is 20.7. The van der Waals surface area contributed by atoms with E-state index >= 15 is 0 Å². The van der Waals surface area contributed by atoms with E-state index in [9.17, 15) is 9.59 Å². The van der Waals surface area contributed by atoms with E-state index in [0.29, 0.717) is 36.7 Å². The first kappa shape index (κ1) is 24.2. The number of carbonyl (C=O) groups is 2. The Balaban J connectivity index is 1.92. The van der Waals surface area contributed by atoms with E-state index in [1.807, 2.05) is 6.92 Å². The summed E-state index contributed by atoms with van der Waals surface area (Å²) >= 11 is 0. The zero-order chi connectivity index (χ0) is 22.9. The first-order valence-corrected chi connectivity index (χ1v) is 12.4. The summed E-state index contributed by atoms with van der Waals surface area (Å²) in [6.07, 6.45) is 9.34. The number of amides is 1. The highest BCUT2D eigenvalue weighted by Crippen LogP contribution is 2.52. The molecule has 1 N–H and O–H groups in total. The lowest BCUT2D eigenvalue weighted by molar-refractivity contribution is -0.138. The van der Waals surface area contributed by atoms with Gasteiger partial charge in [-0.15, -0.1) is 0 Å². The molecule has 2 fully saturated rings. The van der Waals surface area contributed by atoms with Crippen molar-refractivity contribution >= 4 is 11.7 Å². The molecule has 8 unspecified atom stereocenters. The molecule has 0 aromatic heterocycles. The van der Waals surface area contributed by atoms with Gasteiger partial charge in [-0.25, -0.2) is 0 Å². The van der Waals surface area contributed by atoms with Crippen molar-refractivity contribution in [2.45, 2.75) is 86.3 Å². The Morgan fingerprint density at radius 1 is 1.32 bits per heavy atom. The number of Topliss-reactive ketones (excluding diaryl/α,β-unsaturated/α-hetero) is 1. The second-order valence-corrected chi connectivity index (χ2v) is 10.8. The van der Waals surface area contributed by atoms with Gasteiger partial charge in [0.25, 0.3) is 0 Å². The fraction of sp³-hybridized carbons (Fsp3) is 0.778. The minimum Gasteiger partial charge on any atom is -0.356 e. The van der Waals surface area contributed by atoms with Gasteiger partial charge in [0.1, 0.15) is 17.4 Å². The Morgan fingerprint density at radius 3 is 2.68 bits per heavy atom. The lowest BCUT2D eigenvalue weighted by Gasteiger charge is -2.49. The van der Waals surface area contributed by atoms with E-state index in [1.54, 1.807) is 0 Å². The number of ketones is 1. The summed E-state index contributed by atoms with van der Waals surface area (Å²) in [5.41, 5.74) is 1.82. The number of hydrogen-bond donors (Lipinski definition) is 1. The standard InChI is InChI=1S/C27H43NO3/c1-8-10-11-31-27(7)15-21(26(30)28-27)25(29)24-22(17(4)9-2)19(6)14-20-13-16(3)12-18(5)23(20)24/h9,14,16,18,20-24H,8,10-13,15H2,1-7H3,(H,28,30)/b17-9+. The summed E-state index contributed by atoms with van der Waals surface area (Å²) in [5.74, 6) is 1.27. The van der Waals surface area contributed by atoms with Crippen molar-refractivity contribution in [2.75, 3.05) is 6.61 Å². The molecular formula is C27H43NO3. The maximum absolute atomic E-state index is 14.1. The Kier molecular flexibility index (Phi) is 7.50. The Labute approximate surface area is 189 Å². The molecule has 4 heteroatoms. The molecule has 1 aliphatic heterocycles. The lowest BCUT2D eigenvalue weighted by Crippen LogP contribution is -2.47.